The molecule has 0 bridgehead atoms. The van der Waals surface area contributed by atoms with E-state index in [9.17, 15) is 13.6 Å². The summed E-state index contributed by atoms with van der Waals surface area (Å²) in [6, 6.07) is 10.6. The minimum atomic E-state index is -0.564. The van der Waals surface area contributed by atoms with Gasteiger partial charge in [-0.3, -0.25) is 9.69 Å². The van der Waals surface area contributed by atoms with Crippen LogP contribution >= 0.6 is 11.6 Å². The molecule has 1 fully saturated rings. The van der Waals surface area contributed by atoms with Crippen LogP contribution in [0.15, 0.2) is 42.5 Å². The molecular weight excluding hydrogens is 360 g/mol. The van der Waals surface area contributed by atoms with Gasteiger partial charge in [0, 0.05) is 43.7 Å². The highest BCUT2D eigenvalue weighted by molar-refractivity contribution is 6.30. The Labute approximate surface area is 156 Å². The van der Waals surface area contributed by atoms with E-state index in [1.807, 2.05) is 6.07 Å². The summed E-state index contributed by atoms with van der Waals surface area (Å²) in [4.78, 5) is 14.3. The maximum atomic E-state index is 13.8. The number of amides is 1. The first-order valence-electron chi connectivity index (χ1n) is 8.48. The second kappa shape index (κ2) is 8.58. The number of nitrogens with one attached hydrogen (secondary N) is 2. The Hall–Kier alpha value is -2.02. The Morgan fingerprint density at radius 1 is 1.27 bits per heavy atom. The minimum Gasteiger partial charge on any atom is -0.324 e. The monoisotopic (exact) mass is 379 g/mol. The van der Waals surface area contributed by atoms with Gasteiger partial charge in [-0.25, -0.2) is 8.78 Å². The Bertz CT molecular complexity index is 787. The average molecular weight is 380 g/mol. The van der Waals surface area contributed by atoms with Crippen LogP contribution in [-0.2, 0) is 4.79 Å². The number of hydrogen-bond donors (Lipinski definition) is 2. The molecule has 3 rings (SSSR count). The van der Waals surface area contributed by atoms with Crippen LogP contribution in [0.4, 0.5) is 14.5 Å². The third-order valence-corrected chi connectivity index (χ3v) is 4.65. The number of nitrogens with zero attached hydrogens (tertiary/aromatic N) is 1. The van der Waals surface area contributed by atoms with Gasteiger partial charge in [0.1, 0.15) is 11.6 Å². The zero-order valence-corrected chi connectivity index (χ0v) is 14.9. The molecule has 2 N–H and O–H groups in total. The van der Waals surface area contributed by atoms with E-state index in [2.05, 4.69) is 15.5 Å². The van der Waals surface area contributed by atoms with Crippen molar-refractivity contribution < 1.29 is 13.6 Å². The van der Waals surface area contributed by atoms with Gasteiger partial charge in [-0.05, 0) is 35.9 Å². The number of carbonyl (C=O) groups is 1. The molecule has 1 amide bonds. The van der Waals surface area contributed by atoms with Gasteiger partial charge in [0.2, 0.25) is 5.91 Å². The van der Waals surface area contributed by atoms with E-state index in [-0.39, 0.29) is 34.9 Å². The van der Waals surface area contributed by atoms with Crippen LogP contribution in [0.3, 0.4) is 0 Å². The van der Waals surface area contributed by atoms with Crippen molar-refractivity contribution in [1.82, 2.24) is 10.2 Å². The van der Waals surface area contributed by atoms with Gasteiger partial charge in [-0.2, -0.15) is 0 Å². The molecule has 1 atom stereocenters. The topological polar surface area (TPSA) is 44.4 Å². The molecular formula is C19H20ClF2N3O. The van der Waals surface area contributed by atoms with Gasteiger partial charge in [0.25, 0.3) is 0 Å². The summed E-state index contributed by atoms with van der Waals surface area (Å²) in [6.07, 6.45) is 0.216. The van der Waals surface area contributed by atoms with Gasteiger partial charge in [-0.1, -0.05) is 23.7 Å². The first kappa shape index (κ1) is 18.8. The van der Waals surface area contributed by atoms with Crippen molar-refractivity contribution in [1.29, 1.82) is 0 Å². The van der Waals surface area contributed by atoms with Crippen molar-refractivity contribution in [2.24, 2.45) is 0 Å². The molecule has 1 aliphatic heterocycles. The molecule has 1 saturated heterocycles. The molecule has 26 heavy (non-hydrogen) atoms. The molecule has 7 heteroatoms. The number of benzene rings is 2. The minimum absolute atomic E-state index is 0.000446. The van der Waals surface area contributed by atoms with Crippen LogP contribution in [0, 0.1) is 11.6 Å². The third kappa shape index (κ3) is 4.78. The fourth-order valence-corrected chi connectivity index (χ4v) is 3.26. The lowest BCUT2D eigenvalue weighted by atomic mass is 10.0. The highest BCUT2D eigenvalue weighted by Crippen LogP contribution is 2.23. The van der Waals surface area contributed by atoms with E-state index in [4.69, 9.17) is 11.6 Å². The van der Waals surface area contributed by atoms with E-state index < -0.39 is 5.82 Å². The molecule has 0 saturated carbocycles. The highest BCUT2D eigenvalue weighted by atomic mass is 35.5. The van der Waals surface area contributed by atoms with E-state index in [0.29, 0.717) is 13.1 Å². The molecule has 2 aromatic carbocycles. The Kier molecular flexibility index (Phi) is 6.19. The van der Waals surface area contributed by atoms with Crippen molar-refractivity contribution in [3.05, 3.63) is 64.7 Å². The molecule has 0 radical (unpaired) electrons. The molecule has 0 spiro atoms. The number of carbonyl (C=O) groups excluding carboxylic acids is 1. The van der Waals surface area contributed by atoms with Crippen LogP contribution in [0.5, 0.6) is 0 Å². The summed E-state index contributed by atoms with van der Waals surface area (Å²) in [5, 5.41) is 6.14. The molecule has 2 aromatic rings. The smallest absolute Gasteiger partial charge is 0.225 e. The Balaban J connectivity index is 1.60. The summed E-state index contributed by atoms with van der Waals surface area (Å²) in [7, 11) is 0. The lowest BCUT2D eigenvalue weighted by molar-refractivity contribution is -0.116. The summed E-state index contributed by atoms with van der Waals surface area (Å²) in [6.45, 7) is 2.75. The number of halogens is 3. The van der Waals surface area contributed by atoms with Gasteiger partial charge in [-0.15, -0.1) is 0 Å². The number of anilines is 1. The van der Waals surface area contributed by atoms with Gasteiger partial charge >= 0.3 is 0 Å². The maximum absolute atomic E-state index is 13.8. The lowest BCUT2D eigenvalue weighted by Gasteiger charge is -2.36. The SMILES string of the molecule is O=C(CCN1CCNCC1c1cccc(F)c1)Nc1ccc(Cl)cc1F. The van der Waals surface area contributed by atoms with Gasteiger partial charge < -0.3 is 10.6 Å². The largest absolute Gasteiger partial charge is 0.324 e. The number of hydrogen-bond acceptors (Lipinski definition) is 3. The normalized spacial score (nSPS) is 17.9. The third-order valence-electron chi connectivity index (χ3n) is 4.42. The highest BCUT2D eigenvalue weighted by Gasteiger charge is 2.24. The molecule has 4 nitrogen and oxygen atoms in total. The summed E-state index contributed by atoms with van der Waals surface area (Å²) < 4.78 is 27.3. The van der Waals surface area contributed by atoms with E-state index in [1.54, 1.807) is 6.07 Å². The predicted octanol–water partition coefficient (Wildman–Crippen LogP) is 3.59. The summed E-state index contributed by atoms with van der Waals surface area (Å²) in [5.74, 6) is -1.11. The average Bonchev–Trinajstić information content (AvgIpc) is 2.62. The van der Waals surface area contributed by atoms with Crippen LogP contribution < -0.4 is 10.6 Å². The summed E-state index contributed by atoms with van der Waals surface area (Å²) in [5.41, 5.74) is 0.989. The second-order valence-electron chi connectivity index (χ2n) is 6.23. The summed E-state index contributed by atoms with van der Waals surface area (Å²) >= 11 is 5.71. The van der Waals surface area contributed by atoms with Crippen LogP contribution in [0.2, 0.25) is 5.02 Å². The Morgan fingerprint density at radius 3 is 2.88 bits per heavy atom. The second-order valence-corrected chi connectivity index (χ2v) is 6.67. The molecule has 0 aliphatic carbocycles. The van der Waals surface area contributed by atoms with Crippen LogP contribution in [0.1, 0.15) is 18.0 Å². The van der Waals surface area contributed by atoms with Gasteiger partial charge in [0.15, 0.2) is 0 Å². The first-order chi connectivity index (χ1) is 12.5. The fourth-order valence-electron chi connectivity index (χ4n) is 3.11. The molecule has 0 aromatic heterocycles. The van der Waals surface area contributed by atoms with Crippen LogP contribution in [-0.4, -0.2) is 37.0 Å². The van der Waals surface area contributed by atoms with E-state index >= 15 is 0 Å². The Morgan fingerprint density at radius 2 is 2.12 bits per heavy atom. The van der Waals surface area contributed by atoms with Crippen LogP contribution in [0.25, 0.3) is 0 Å². The predicted molar refractivity (Wildman–Crippen MR) is 98.2 cm³/mol. The van der Waals surface area contributed by atoms with E-state index in [1.165, 1.54) is 24.3 Å². The molecule has 138 valence electrons. The zero-order chi connectivity index (χ0) is 18.5. The quantitative estimate of drug-likeness (QED) is 0.834. The fraction of sp³-hybridized carbons (Fsp3) is 0.316. The van der Waals surface area contributed by atoms with Crippen molar-refractivity contribution in [2.45, 2.75) is 12.5 Å². The lowest BCUT2D eigenvalue weighted by Crippen LogP contribution is -2.46. The van der Waals surface area contributed by atoms with E-state index in [0.717, 1.165) is 24.7 Å². The molecule has 1 aliphatic rings. The first-order valence-corrected chi connectivity index (χ1v) is 8.86. The van der Waals surface area contributed by atoms with Crippen molar-refractivity contribution >= 4 is 23.2 Å². The molecule has 1 heterocycles. The van der Waals surface area contributed by atoms with Gasteiger partial charge in [0.05, 0.1) is 5.69 Å². The standard InChI is InChI=1S/C19H20ClF2N3O/c20-14-4-5-17(16(22)11-14)24-19(26)6-8-25-9-7-23-12-18(25)13-2-1-3-15(21)10-13/h1-5,10-11,18,23H,6-9,12H2,(H,24,26). The number of piperazine rings is 1. The van der Waals surface area contributed by atoms with Crippen molar-refractivity contribution in [3.8, 4) is 0 Å². The zero-order valence-electron chi connectivity index (χ0n) is 14.1. The maximum Gasteiger partial charge on any atom is 0.225 e. The van der Waals surface area contributed by atoms with Crippen molar-refractivity contribution in [2.75, 3.05) is 31.5 Å². The number of rotatable bonds is 5. The molecule has 1 unspecified atom stereocenters. The van der Waals surface area contributed by atoms with Crippen molar-refractivity contribution in [3.63, 3.8) is 0 Å².